The van der Waals surface area contributed by atoms with E-state index in [9.17, 15) is 0 Å². The second kappa shape index (κ2) is 8.26. The molecule has 1 fully saturated rings. The van der Waals surface area contributed by atoms with Gasteiger partial charge in [0, 0.05) is 11.6 Å². The van der Waals surface area contributed by atoms with Gasteiger partial charge in [-0.15, -0.1) is 0 Å². The van der Waals surface area contributed by atoms with Crippen LogP contribution in [0.25, 0.3) is 0 Å². The lowest BCUT2D eigenvalue weighted by molar-refractivity contribution is 0.177. The number of hydrogen-bond donors (Lipinski definition) is 0. The molecule has 0 spiro atoms. The van der Waals surface area contributed by atoms with Crippen LogP contribution in [-0.2, 0) is 0 Å². The number of piperidine rings is 1. The van der Waals surface area contributed by atoms with Crippen LogP contribution in [0.1, 0.15) is 32.6 Å². The highest BCUT2D eigenvalue weighted by Crippen LogP contribution is 2.28. The Morgan fingerprint density at radius 1 is 1.40 bits per heavy atom. The van der Waals surface area contributed by atoms with Crippen LogP contribution < -0.4 is 4.74 Å². The van der Waals surface area contributed by atoms with Gasteiger partial charge in [-0.25, -0.2) is 0 Å². The minimum atomic E-state index is 0.725. The maximum Gasteiger partial charge on any atom is 0.133 e. The Bertz CT molecular complexity index is 427. The largest absolute Gasteiger partial charge is 0.492 e. The Kier molecular flexibility index (Phi) is 6.66. The zero-order chi connectivity index (χ0) is 14.4. The molecule has 1 aliphatic heterocycles. The van der Waals surface area contributed by atoms with Crippen molar-refractivity contribution in [1.82, 2.24) is 4.90 Å². The van der Waals surface area contributed by atoms with Crippen LogP contribution in [0.4, 0.5) is 0 Å². The molecule has 2 rings (SSSR count). The fraction of sp³-hybridized carbons (Fsp3) is 0.625. The first-order chi connectivity index (χ1) is 9.65. The summed E-state index contributed by atoms with van der Waals surface area (Å²) in [5.41, 5.74) is 0. The lowest BCUT2D eigenvalue weighted by Crippen LogP contribution is -2.35. The Morgan fingerprint density at radius 3 is 3.00 bits per heavy atom. The maximum atomic E-state index is 5.91. The molecule has 0 unspecified atom stereocenters. The SMILES string of the molecule is C[C@H]1CCCN(CCCCOc2ccc(Cl)cc2Br)C1. The third-order valence-corrected chi connectivity index (χ3v) is 4.62. The van der Waals surface area contributed by atoms with E-state index in [4.69, 9.17) is 16.3 Å². The van der Waals surface area contributed by atoms with Crippen molar-refractivity contribution in [3.8, 4) is 5.75 Å². The van der Waals surface area contributed by atoms with Gasteiger partial charge in [0.2, 0.25) is 0 Å². The van der Waals surface area contributed by atoms with Gasteiger partial charge in [0.1, 0.15) is 5.75 Å². The summed E-state index contributed by atoms with van der Waals surface area (Å²) in [7, 11) is 0. The molecule has 1 aromatic carbocycles. The molecular weight excluding hydrogens is 338 g/mol. The fourth-order valence-electron chi connectivity index (χ4n) is 2.70. The first-order valence-electron chi connectivity index (χ1n) is 7.45. The molecule has 1 saturated heterocycles. The van der Waals surface area contributed by atoms with E-state index < -0.39 is 0 Å². The molecule has 0 amide bonds. The number of halogens is 2. The van der Waals surface area contributed by atoms with Crippen molar-refractivity contribution in [1.29, 1.82) is 0 Å². The van der Waals surface area contributed by atoms with Gasteiger partial charge in [-0.1, -0.05) is 18.5 Å². The van der Waals surface area contributed by atoms with Crippen LogP contribution in [0.5, 0.6) is 5.75 Å². The minimum absolute atomic E-state index is 0.725. The van der Waals surface area contributed by atoms with Gasteiger partial charge in [0.05, 0.1) is 11.1 Å². The van der Waals surface area contributed by atoms with Crippen LogP contribution in [0.3, 0.4) is 0 Å². The molecule has 1 aromatic rings. The smallest absolute Gasteiger partial charge is 0.133 e. The molecular formula is C16H23BrClNO. The molecule has 0 aliphatic carbocycles. The normalized spacial score (nSPS) is 20.1. The third-order valence-electron chi connectivity index (χ3n) is 3.76. The lowest BCUT2D eigenvalue weighted by atomic mass is 10.0. The molecule has 1 aliphatic rings. The van der Waals surface area contributed by atoms with Gasteiger partial charge < -0.3 is 9.64 Å². The quantitative estimate of drug-likeness (QED) is 0.662. The van der Waals surface area contributed by atoms with Gasteiger partial charge in [-0.3, -0.25) is 0 Å². The van der Waals surface area contributed by atoms with E-state index in [1.165, 1.54) is 38.9 Å². The number of nitrogens with zero attached hydrogens (tertiary/aromatic N) is 1. The molecule has 1 atom stereocenters. The zero-order valence-corrected chi connectivity index (χ0v) is 14.4. The van der Waals surface area contributed by atoms with E-state index >= 15 is 0 Å². The Labute approximate surface area is 135 Å². The summed E-state index contributed by atoms with van der Waals surface area (Å²) < 4.78 is 6.70. The van der Waals surface area contributed by atoms with Crippen molar-refractivity contribution in [2.75, 3.05) is 26.2 Å². The predicted molar refractivity (Wildman–Crippen MR) is 88.7 cm³/mol. The molecule has 4 heteroatoms. The maximum absolute atomic E-state index is 5.91. The molecule has 0 radical (unpaired) electrons. The van der Waals surface area contributed by atoms with Crippen LogP contribution in [0.2, 0.25) is 5.02 Å². The molecule has 20 heavy (non-hydrogen) atoms. The van der Waals surface area contributed by atoms with Gasteiger partial charge in [0.15, 0.2) is 0 Å². The molecule has 0 N–H and O–H groups in total. The number of benzene rings is 1. The monoisotopic (exact) mass is 359 g/mol. The minimum Gasteiger partial charge on any atom is -0.492 e. The number of ether oxygens (including phenoxy) is 1. The summed E-state index contributed by atoms with van der Waals surface area (Å²) >= 11 is 9.38. The fourth-order valence-corrected chi connectivity index (χ4v) is 3.50. The summed E-state index contributed by atoms with van der Waals surface area (Å²) in [4.78, 5) is 2.59. The first kappa shape index (κ1) is 16.1. The second-order valence-corrected chi connectivity index (χ2v) is 6.97. The van der Waals surface area contributed by atoms with E-state index in [1.807, 2.05) is 18.2 Å². The van der Waals surface area contributed by atoms with Crippen molar-refractivity contribution in [3.05, 3.63) is 27.7 Å². The van der Waals surface area contributed by atoms with Gasteiger partial charge >= 0.3 is 0 Å². The summed E-state index contributed by atoms with van der Waals surface area (Å²) in [6, 6.07) is 5.64. The van der Waals surface area contributed by atoms with Crippen LogP contribution in [0, 0.1) is 5.92 Å². The zero-order valence-electron chi connectivity index (χ0n) is 12.1. The molecule has 1 heterocycles. The van der Waals surface area contributed by atoms with Crippen LogP contribution in [0.15, 0.2) is 22.7 Å². The average Bonchev–Trinajstić information content (AvgIpc) is 2.41. The van der Waals surface area contributed by atoms with E-state index in [0.717, 1.165) is 34.2 Å². The van der Waals surface area contributed by atoms with Gasteiger partial charge in [0.25, 0.3) is 0 Å². The van der Waals surface area contributed by atoms with Crippen molar-refractivity contribution in [2.24, 2.45) is 5.92 Å². The highest BCUT2D eigenvalue weighted by Gasteiger charge is 2.15. The van der Waals surface area contributed by atoms with Crippen LogP contribution >= 0.6 is 27.5 Å². The number of likely N-dealkylation sites (tertiary alicyclic amines) is 1. The first-order valence-corrected chi connectivity index (χ1v) is 8.62. The van der Waals surface area contributed by atoms with Gasteiger partial charge in [-0.05, 0) is 78.8 Å². The standard InChI is InChI=1S/C16H23BrClNO/c1-13-5-4-9-19(12-13)8-2-3-10-20-16-7-6-14(18)11-15(16)17/h6-7,11,13H,2-5,8-10,12H2,1H3/t13-/m0/s1. The highest BCUT2D eigenvalue weighted by molar-refractivity contribution is 9.10. The Morgan fingerprint density at radius 2 is 2.25 bits per heavy atom. The van der Waals surface area contributed by atoms with Crippen molar-refractivity contribution < 1.29 is 4.74 Å². The third kappa shape index (κ3) is 5.27. The number of rotatable bonds is 6. The van der Waals surface area contributed by atoms with E-state index in [1.54, 1.807) is 0 Å². The molecule has 0 bridgehead atoms. The highest BCUT2D eigenvalue weighted by atomic mass is 79.9. The van der Waals surface area contributed by atoms with Crippen molar-refractivity contribution >= 4 is 27.5 Å². The molecule has 112 valence electrons. The summed E-state index contributed by atoms with van der Waals surface area (Å²) in [6.45, 7) is 6.87. The molecule has 0 aromatic heterocycles. The summed E-state index contributed by atoms with van der Waals surface area (Å²) in [6.07, 6.45) is 5.05. The van der Waals surface area contributed by atoms with E-state index in [-0.39, 0.29) is 0 Å². The molecule has 0 saturated carbocycles. The number of hydrogen-bond acceptors (Lipinski definition) is 2. The van der Waals surface area contributed by atoms with E-state index in [2.05, 4.69) is 27.8 Å². The van der Waals surface area contributed by atoms with Crippen molar-refractivity contribution in [3.63, 3.8) is 0 Å². The Balaban J connectivity index is 1.61. The van der Waals surface area contributed by atoms with E-state index in [0.29, 0.717) is 0 Å². The van der Waals surface area contributed by atoms with Gasteiger partial charge in [-0.2, -0.15) is 0 Å². The van der Waals surface area contributed by atoms with Crippen LogP contribution in [-0.4, -0.2) is 31.1 Å². The topological polar surface area (TPSA) is 12.5 Å². The summed E-state index contributed by atoms with van der Waals surface area (Å²) in [5, 5.41) is 0.725. The Hall–Kier alpha value is -0.250. The summed E-state index contributed by atoms with van der Waals surface area (Å²) in [5.74, 6) is 1.74. The average molecular weight is 361 g/mol. The van der Waals surface area contributed by atoms with Crippen molar-refractivity contribution in [2.45, 2.75) is 32.6 Å². The lowest BCUT2D eigenvalue weighted by Gasteiger charge is -2.30. The second-order valence-electron chi connectivity index (χ2n) is 5.68. The molecule has 2 nitrogen and oxygen atoms in total. The predicted octanol–water partition coefficient (Wildman–Crippen LogP) is 4.99. The number of unbranched alkanes of at least 4 members (excludes halogenated alkanes) is 1.